The van der Waals surface area contributed by atoms with E-state index in [0.29, 0.717) is 6.54 Å². The predicted octanol–water partition coefficient (Wildman–Crippen LogP) is 2.42. The van der Waals surface area contributed by atoms with Crippen LogP contribution in [-0.2, 0) is 13.1 Å². The third-order valence-electron chi connectivity index (χ3n) is 2.65. The quantitative estimate of drug-likeness (QED) is 0.649. The largest absolute Gasteiger partial charge is 0.352 e. The number of nitro benzene ring substituents is 1. The molecule has 0 bridgehead atoms. The summed E-state index contributed by atoms with van der Waals surface area (Å²) in [6.07, 6.45) is 3.64. The standard InChI is InChI=1S/C12H14N4O2/c1-2-15-8-7-13-12(15)14-9-10-3-5-11(6-4-10)16(17)18/h3-8H,2,9H2,1H3,(H,13,14). The van der Waals surface area contributed by atoms with E-state index in [1.165, 1.54) is 12.1 Å². The van der Waals surface area contributed by atoms with Crippen LogP contribution in [0.5, 0.6) is 0 Å². The van der Waals surface area contributed by atoms with Gasteiger partial charge in [0.15, 0.2) is 0 Å². The molecule has 0 aliphatic carbocycles. The van der Waals surface area contributed by atoms with E-state index in [9.17, 15) is 10.1 Å². The SMILES string of the molecule is CCn1ccnc1NCc1ccc([N+](=O)[O-])cc1. The molecule has 0 radical (unpaired) electrons. The molecule has 94 valence electrons. The lowest BCUT2D eigenvalue weighted by molar-refractivity contribution is -0.384. The van der Waals surface area contributed by atoms with E-state index in [1.54, 1.807) is 18.3 Å². The van der Waals surface area contributed by atoms with Crippen molar-refractivity contribution >= 4 is 11.6 Å². The van der Waals surface area contributed by atoms with Crippen molar-refractivity contribution < 1.29 is 4.92 Å². The fraction of sp³-hybridized carbons (Fsp3) is 0.250. The van der Waals surface area contributed by atoms with Crippen LogP contribution in [0.25, 0.3) is 0 Å². The molecule has 2 aromatic rings. The number of hydrogen-bond acceptors (Lipinski definition) is 4. The Morgan fingerprint density at radius 1 is 1.39 bits per heavy atom. The fourth-order valence-corrected chi connectivity index (χ4v) is 1.65. The van der Waals surface area contributed by atoms with Gasteiger partial charge in [-0.1, -0.05) is 12.1 Å². The molecule has 0 saturated carbocycles. The van der Waals surface area contributed by atoms with Gasteiger partial charge >= 0.3 is 0 Å². The first-order valence-corrected chi connectivity index (χ1v) is 5.69. The van der Waals surface area contributed by atoms with E-state index in [2.05, 4.69) is 10.3 Å². The van der Waals surface area contributed by atoms with Crippen LogP contribution < -0.4 is 5.32 Å². The summed E-state index contributed by atoms with van der Waals surface area (Å²) in [7, 11) is 0. The molecule has 6 nitrogen and oxygen atoms in total. The monoisotopic (exact) mass is 246 g/mol. The molecule has 0 aliphatic heterocycles. The van der Waals surface area contributed by atoms with Crippen molar-refractivity contribution in [3.05, 3.63) is 52.3 Å². The van der Waals surface area contributed by atoms with Gasteiger partial charge < -0.3 is 9.88 Å². The molecule has 1 N–H and O–H groups in total. The topological polar surface area (TPSA) is 73.0 Å². The summed E-state index contributed by atoms with van der Waals surface area (Å²) in [5.74, 6) is 0.802. The van der Waals surface area contributed by atoms with Gasteiger partial charge in [0.1, 0.15) is 0 Å². The number of hydrogen-bond donors (Lipinski definition) is 1. The molecule has 18 heavy (non-hydrogen) atoms. The summed E-state index contributed by atoms with van der Waals surface area (Å²) < 4.78 is 1.99. The number of non-ortho nitro benzene ring substituents is 1. The van der Waals surface area contributed by atoms with Crippen LogP contribution in [-0.4, -0.2) is 14.5 Å². The van der Waals surface area contributed by atoms with E-state index in [0.717, 1.165) is 18.1 Å². The second-order valence-electron chi connectivity index (χ2n) is 3.81. The number of anilines is 1. The van der Waals surface area contributed by atoms with Gasteiger partial charge in [0, 0.05) is 37.6 Å². The Balaban J connectivity index is 2.00. The normalized spacial score (nSPS) is 10.3. The molecular formula is C12H14N4O2. The second kappa shape index (κ2) is 5.31. The Labute approximate surface area is 104 Å². The molecule has 0 fully saturated rings. The Hall–Kier alpha value is -2.37. The minimum Gasteiger partial charge on any atom is -0.352 e. The smallest absolute Gasteiger partial charge is 0.269 e. The van der Waals surface area contributed by atoms with Crippen molar-refractivity contribution in [1.82, 2.24) is 9.55 Å². The number of rotatable bonds is 5. The van der Waals surface area contributed by atoms with Gasteiger partial charge in [0.05, 0.1) is 4.92 Å². The molecule has 0 atom stereocenters. The predicted molar refractivity (Wildman–Crippen MR) is 68.3 cm³/mol. The summed E-state index contributed by atoms with van der Waals surface area (Å²) in [5, 5.41) is 13.7. The zero-order chi connectivity index (χ0) is 13.0. The first-order valence-electron chi connectivity index (χ1n) is 5.69. The lowest BCUT2D eigenvalue weighted by Gasteiger charge is -2.07. The lowest BCUT2D eigenvalue weighted by atomic mass is 10.2. The maximum atomic E-state index is 10.5. The van der Waals surface area contributed by atoms with Gasteiger partial charge in [0.25, 0.3) is 5.69 Å². The van der Waals surface area contributed by atoms with Crippen molar-refractivity contribution in [1.29, 1.82) is 0 Å². The van der Waals surface area contributed by atoms with Crippen molar-refractivity contribution in [2.75, 3.05) is 5.32 Å². The number of nitro groups is 1. The van der Waals surface area contributed by atoms with Crippen LogP contribution in [0.2, 0.25) is 0 Å². The highest BCUT2D eigenvalue weighted by Gasteiger charge is 2.04. The van der Waals surface area contributed by atoms with Gasteiger partial charge in [-0.3, -0.25) is 10.1 Å². The van der Waals surface area contributed by atoms with Gasteiger partial charge in [-0.05, 0) is 12.5 Å². The van der Waals surface area contributed by atoms with Crippen molar-refractivity contribution in [3.8, 4) is 0 Å². The first kappa shape index (κ1) is 12.1. The Bertz CT molecular complexity index is 533. The number of aromatic nitrogens is 2. The zero-order valence-electron chi connectivity index (χ0n) is 10.0. The van der Waals surface area contributed by atoms with Crippen LogP contribution >= 0.6 is 0 Å². The third kappa shape index (κ3) is 2.65. The fourth-order valence-electron chi connectivity index (χ4n) is 1.65. The van der Waals surface area contributed by atoms with Crippen LogP contribution in [0.3, 0.4) is 0 Å². The maximum absolute atomic E-state index is 10.5. The minimum absolute atomic E-state index is 0.105. The molecule has 0 amide bonds. The molecule has 0 aliphatic rings. The average molecular weight is 246 g/mol. The zero-order valence-corrected chi connectivity index (χ0v) is 10.0. The highest BCUT2D eigenvalue weighted by molar-refractivity contribution is 5.35. The lowest BCUT2D eigenvalue weighted by Crippen LogP contribution is -2.06. The molecule has 6 heteroatoms. The van der Waals surface area contributed by atoms with E-state index in [1.807, 2.05) is 17.7 Å². The van der Waals surface area contributed by atoms with E-state index >= 15 is 0 Å². The van der Waals surface area contributed by atoms with Crippen molar-refractivity contribution in [2.24, 2.45) is 0 Å². The summed E-state index contributed by atoms with van der Waals surface area (Å²) in [6.45, 7) is 3.48. The van der Waals surface area contributed by atoms with Crippen molar-refractivity contribution in [2.45, 2.75) is 20.0 Å². The summed E-state index contributed by atoms with van der Waals surface area (Å²) >= 11 is 0. The number of imidazole rings is 1. The van der Waals surface area contributed by atoms with Gasteiger partial charge in [-0.2, -0.15) is 0 Å². The molecule has 1 aromatic carbocycles. The number of nitrogens with zero attached hydrogens (tertiary/aromatic N) is 3. The number of benzene rings is 1. The average Bonchev–Trinajstić information content (AvgIpc) is 2.84. The van der Waals surface area contributed by atoms with E-state index in [-0.39, 0.29) is 5.69 Å². The van der Waals surface area contributed by atoms with Crippen LogP contribution in [0.1, 0.15) is 12.5 Å². The second-order valence-corrected chi connectivity index (χ2v) is 3.81. The first-order chi connectivity index (χ1) is 8.70. The van der Waals surface area contributed by atoms with E-state index < -0.39 is 4.92 Å². The summed E-state index contributed by atoms with van der Waals surface area (Å²) in [4.78, 5) is 14.3. The van der Waals surface area contributed by atoms with Crippen LogP contribution in [0, 0.1) is 10.1 Å². The van der Waals surface area contributed by atoms with Crippen LogP contribution in [0.15, 0.2) is 36.7 Å². The molecule has 0 spiro atoms. The van der Waals surface area contributed by atoms with Gasteiger partial charge in [-0.25, -0.2) is 4.98 Å². The molecular weight excluding hydrogens is 232 g/mol. The Morgan fingerprint density at radius 3 is 2.72 bits per heavy atom. The highest BCUT2D eigenvalue weighted by atomic mass is 16.6. The molecule has 2 rings (SSSR count). The molecule has 0 unspecified atom stereocenters. The van der Waals surface area contributed by atoms with E-state index in [4.69, 9.17) is 0 Å². The minimum atomic E-state index is -0.402. The van der Waals surface area contributed by atoms with Gasteiger partial charge in [-0.15, -0.1) is 0 Å². The Kier molecular flexibility index (Phi) is 3.57. The molecule has 1 heterocycles. The van der Waals surface area contributed by atoms with Crippen LogP contribution in [0.4, 0.5) is 11.6 Å². The summed E-state index contributed by atoms with van der Waals surface area (Å²) in [6, 6.07) is 6.49. The molecule has 1 aromatic heterocycles. The van der Waals surface area contributed by atoms with Gasteiger partial charge in [0.2, 0.25) is 5.95 Å². The number of aryl methyl sites for hydroxylation is 1. The number of nitrogens with one attached hydrogen (secondary N) is 1. The third-order valence-corrected chi connectivity index (χ3v) is 2.65. The summed E-state index contributed by atoms with van der Waals surface area (Å²) in [5.41, 5.74) is 1.08. The molecule has 0 saturated heterocycles. The maximum Gasteiger partial charge on any atom is 0.269 e. The Morgan fingerprint density at radius 2 is 2.11 bits per heavy atom. The highest BCUT2D eigenvalue weighted by Crippen LogP contribution is 2.13. The van der Waals surface area contributed by atoms with Crippen molar-refractivity contribution in [3.63, 3.8) is 0 Å².